The van der Waals surface area contributed by atoms with Crippen molar-refractivity contribution in [3.63, 3.8) is 0 Å². The van der Waals surface area contributed by atoms with E-state index in [0.717, 1.165) is 38.1 Å². The van der Waals surface area contributed by atoms with Crippen LogP contribution in [0.4, 0.5) is 0 Å². The first-order valence-electron chi connectivity index (χ1n) is 12.7. The van der Waals surface area contributed by atoms with E-state index in [9.17, 15) is 9.59 Å². The number of aliphatic carboxylic acids is 1. The van der Waals surface area contributed by atoms with Crippen molar-refractivity contribution in [2.45, 2.75) is 102 Å². The van der Waals surface area contributed by atoms with Crippen molar-refractivity contribution in [3.05, 3.63) is 30.4 Å². The van der Waals surface area contributed by atoms with Crippen LogP contribution < -0.4 is 0 Å². The maximum absolute atomic E-state index is 12.6. The van der Waals surface area contributed by atoms with E-state index in [-0.39, 0.29) is 18.3 Å². The third kappa shape index (κ3) is 6.09. The number of fused-ring (bicyclic) bond motifs is 2. The summed E-state index contributed by atoms with van der Waals surface area (Å²) in [7, 11) is 0. The number of carboxylic acid groups (broad SMARTS) is 1. The lowest BCUT2D eigenvalue weighted by atomic mass is 9.77. The predicted octanol–water partition coefficient (Wildman–Crippen LogP) is 5.42. The number of carboxylic acids is 1. The second-order valence-electron chi connectivity index (χ2n) is 10.0. The molecule has 1 aromatic rings. The van der Waals surface area contributed by atoms with Crippen LogP contribution in [0, 0.1) is 17.8 Å². The van der Waals surface area contributed by atoms with Crippen molar-refractivity contribution in [1.29, 1.82) is 0 Å². The van der Waals surface area contributed by atoms with E-state index in [0.29, 0.717) is 36.5 Å². The number of rotatable bonds is 12. The molecule has 3 heterocycles. The van der Waals surface area contributed by atoms with Crippen LogP contribution in [0.3, 0.4) is 0 Å². The monoisotopic (exact) mass is 442 g/mol. The Morgan fingerprint density at radius 3 is 2.62 bits per heavy atom. The molecule has 0 spiro atoms. The number of hydrogen-bond acceptors (Lipinski definition) is 4. The Hall–Kier alpha value is -1.95. The minimum Gasteiger partial charge on any atom is -0.481 e. The van der Waals surface area contributed by atoms with Crippen LogP contribution in [0.25, 0.3) is 0 Å². The van der Waals surface area contributed by atoms with Gasteiger partial charge >= 0.3 is 5.97 Å². The zero-order valence-electron chi connectivity index (χ0n) is 19.2. The zero-order chi connectivity index (χ0) is 22.3. The molecule has 6 heteroatoms. The standard InChI is InChI=1S/C26H38N2O4/c29-23(12-7-10-19-8-3-1-4-9-19)22-17-28(18-27-22)16-21-20(24-14-15-25(21)32-24)11-5-2-6-13-26(30)31/h2,5,17-21,24-25H,1,3-4,6-16H2,(H,30,31)/b5-2-/t20-,21+,24+,25-/m1/s1. The molecule has 2 bridgehead atoms. The molecule has 176 valence electrons. The Morgan fingerprint density at radius 1 is 1.06 bits per heavy atom. The molecule has 0 unspecified atom stereocenters. The highest BCUT2D eigenvalue weighted by Gasteiger charge is 2.48. The van der Waals surface area contributed by atoms with Gasteiger partial charge in [-0.25, -0.2) is 4.98 Å². The summed E-state index contributed by atoms with van der Waals surface area (Å²) in [5.41, 5.74) is 0.600. The van der Waals surface area contributed by atoms with Crippen molar-refractivity contribution in [2.24, 2.45) is 17.8 Å². The van der Waals surface area contributed by atoms with Crippen LogP contribution in [0.5, 0.6) is 0 Å². The first kappa shape index (κ1) is 23.2. The summed E-state index contributed by atoms with van der Waals surface area (Å²) >= 11 is 0. The smallest absolute Gasteiger partial charge is 0.303 e. The molecule has 1 N–H and O–H groups in total. The molecule has 4 atom stereocenters. The van der Waals surface area contributed by atoms with Crippen LogP contribution in [-0.4, -0.2) is 38.6 Å². The number of carbonyl (C=O) groups excluding carboxylic acids is 1. The third-order valence-electron chi connectivity index (χ3n) is 7.77. The highest BCUT2D eigenvalue weighted by Crippen LogP contribution is 2.46. The first-order chi connectivity index (χ1) is 15.6. The Balaban J connectivity index is 1.25. The van der Waals surface area contributed by atoms with Crippen molar-refractivity contribution in [3.8, 4) is 0 Å². The fourth-order valence-corrected chi connectivity index (χ4v) is 6.03. The summed E-state index contributed by atoms with van der Waals surface area (Å²) in [6.07, 6.45) is 21.9. The number of Topliss-reactive ketones (excluding diaryl/α,β-unsaturated/α-hetero) is 1. The Kier molecular flexibility index (Phi) is 8.17. The molecule has 6 nitrogen and oxygen atoms in total. The summed E-state index contributed by atoms with van der Waals surface area (Å²) in [5, 5.41) is 8.78. The average molecular weight is 443 g/mol. The summed E-state index contributed by atoms with van der Waals surface area (Å²) in [4.78, 5) is 27.7. The van der Waals surface area contributed by atoms with E-state index >= 15 is 0 Å². The van der Waals surface area contributed by atoms with Crippen LogP contribution in [0.15, 0.2) is 24.7 Å². The van der Waals surface area contributed by atoms with Crippen LogP contribution >= 0.6 is 0 Å². The van der Waals surface area contributed by atoms with Crippen LogP contribution in [0.1, 0.15) is 94.0 Å². The van der Waals surface area contributed by atoms with Gasteiger partial charge in [0.25, 0.3) is 0 Å². The zero-order valence-corrected chi connectivity index (χ0v) is 19.2. The molecule has 1 saturated carbocycles. The number of ether oxygens (including phenoxy) is 1. The van der Waals surface area contributed by atoms with Crippen LogP contribution in [0.2, 0.25) is 0 Å². The molecule has 1 aliphatic carbocycles. The maximum atomic E-state index is 12.6. The minimum atomic E-state index is -0.754. The van der Waals surface area contributed by atoms with Gasteiger partial charge in [-0.3, -0.25) is 9.59 Å². The lowest BCUT2D eigenvalue weighted by molar-refractivity contribution is -0.136. The molecule has 4 rings (SSSR count). The predicted molar refractivity (Wildman–Crippen MR) is 122 cm³/mol. The van der Waals surface area contributed by atoms with E-state index < -0.39 is 5.97 Å². The van der Waals surface area contributed by atoms with Gasteiger partial charge in [-0.05, 0) is 43.9 Å². The van der Waals surface area contributed by atoms with Crippen molar-refractivity contribution in [2.75, 3.05) is 0 Å². The highest BCUT2D eigenvalue weighted by atomic mass is 16.5. The fraction of sp³-hybridized carbons (Fsp3) is 0.731. The van der Waals surface area contributed by atoms with Crippen LogP contribution in [-0.2, 0) is 16.1 Å². The fourth-order valence-electron chi connectivity index (χ4n) is 6.03. The molecule has 3 aliphatic rings. The van der Waals surface area contributed by atoms with E-state index in [1.165, 1.54) is 38.5 Å². The first-order valence-corrected chi connectivity index (χ1v) is 12.7. The third-order valence-corrected chi connectivity index (χ3v) is 7.77. The maximum Gasteiger partial charge on any atom is 0.303 e. The van der Waals surface area contributed by atoms with E-state index in [4.69, 9.17) is 9.84 Å². The number of nitrogens with zero attached hydrogens (tertiary/aromatic N) is 2. The van der Waals surface area contributed by atoms with Gasteiger partial charge in [0.1, 0.15) is 5.69 Å². The van der Waals surface area contributed by atoms with Gasteiger partial charge < -0.3 is 14.4 Å². The lowest BCUT2D eigenvalue weighted by Gasteiger charge is -2.27. The second-order valence-corrected chi connectivity index (χ2v) is 10.0. The van der Waals surface area contributed by atoms with Gasteiger partial charge in [-0.1, -0.05) is 50.7 Å². The number of imidazole rings is 1. The van der Waals surface area contributed by atoms with Crippen molar-refractivity contribution in [1.82, 2.24) is 9.55 Å². The van der Waals surface area contributed by atoms with Gasteiger partial charge in [0, 0.05) is 31.5 Å². The quantitative estimate of drug-likeness (QED) is 0.345. The van der Waals surface area contributed by atoms with E-state index in [1.807, 2.05) is 12.3 Å². The molecule has 2 aliphatic heterocycles. The molecule has 3 fully saturated rings. The number of carbonyl (C=O) groups is 2. The molecule has 1 aromatic heterocycles. The normalized spacial score (nSPS) is 28.0. The Bertz CT molecular complexity index is 796. The Labute approximate surface area is 191 Å². The summed E-state index contributed by atoms with van der Waals surface area (Å²) < 4.78 is 8.27. The SMILES string of the molecule is O=C(O)CC/C=C\C[C@@H]1[C@H](Cn2cnc(C(=O)CCCC3CCCCC3)c2)[C@H]2CC[C@@H]1O2. The molecular weight excluding hydrogens is 404 g/mol. The van der Waals surface area contributed by atoms with Gasteiger partial charge in [0.15, 0.2) is 5.78 Å². The lowest BCUT2D eigenvalue weighted by Crippen LogP contribution is -2.30. The largest absolute Gasteiger partial charge is 0.481 e. The molecule has 0 radical (unpaired) electrons. The summed E-state index contributed by atoms with van der Waals surface area (Å²) in [6, 6.07) is 0. The van der Waals surface area contributed by atoms with Gasteiger partial charge in [-0.15, -0.1) is 0 Å². The molecular formula is C26H38N2O4. The molecule has 32 heavy (non-hydrogen) atoms. The topological polar surface area (TPSA) is 81.4 Å². The Morgan fingerprint density at radius 2 is 1.84 bits per heavy atom. The van der Waals surface area contributed by atoms with Gasteiger partial charge in [-0.2, -0.15) is 0 Å². The molecule has 2 saturated heterocycles. The number of aromatic nitrogens is 2. The molecule has 0 aromatic carbocycles. The van der Waals surface area contributed by atoms with E-state index in [1.54, 1.807) is 6.33 Å². The minimum absolute atomic E-state index is 0.168. The summed E-state index contributed by atoms with van der Waals surface area (Å²) in [5.74, 6) is 1.10. The second kappa shape index (κ2) is 11.3. The number of hydrogen-bond donors (Lipinski definition) is 1. The highest BCUT2D eigenvalue weighted by molar-refractivity contribution is 5.93. The van der Waals surface area contributed by atoms with Crippen molar-refractivity contribution < 1.29 is 19.4 Å². The van der Waals surface area contributed by atoms with Gasteiger partial charge in [0.05, 0.1) is 18.5 Å². The van der Waals surface area contributed by atoms with E-state index in [2.05, 4.69) is 15.6 Å². The average Bonchev–Trinajstić information content (AvgIpc) is 3.52. The number of allylic oxidation sites excluding steroid dienone is 2. The van der Waals surface area contributed by atoms with Gasteiger partial charge in [0.2, 0.25) is 0 Å². The summed E-state index contributed by atoms with van der Waals surface area (Å²) in [6.45, 7) is 0.831. The number of ketones is 1. The molecule has 0 amide bonds. The van der Waals surface area contributed by atoms with Crippen molar-refractivity contribution >= 4 is 11.8 Å².